The molecule has 0 bridgehead atoms. The van der Waals surface area contributed by atoms with Crippen LogP contribution in [0.2, 0.25) is 0 Å². The topological polar surface area (TPSA) is 87.3 Å². The third-order valence-electron chi connectivity index (χ3n) is 5.63. The predicted octanol–water partition coefficient (Wildman–Crippen LogP) is 2.57. The SMILES string of the molecule is Cc1cc(C)c2c(OCC(=O)N3CCCN(c4ccc(C#N)cc4)CC3)nn(C)c2n1. The number of fused-ring (bicyclic) bond motifs is 1. The lowest BCUT2D eigenvalue weighted by molar-refractivity contribution is -0.133. The lowest BCUT2D eigenvalue weighted by atomic mass is 10.2. The second-order valence-corrected chi connectivity index (χ2v) is 7.88. The first kappa shape index (κ1) is 20.7. The fourth-order valence-electron chi connectivity index (χ4n) is 4.04. The van der Waals surface area contributed by atoms with Gasteiger partial charge in [0.1, 0.15) is 0 Å². The van der Waals surface area contributed by atoms with Crippen molar-refractivity contribution in [3.63, 3.8) is 0 Å². The van der Waals surface area contributed by atoms with E-state index in [-0.39, 0.29) is 12.5 Å². The third kappa shape index (κ3) is 4.31. The molecule has 1 saturated heterocycles. The van der Waals surface area contributed by atoms with E-state index in [4.69, 9.17) is 10.00 Å². The Morgan fingerprint density at radius 2 is 1.94 bits per heavy atom. The number of amides is 1. The van der Waals surface area contributed by atoms with Gasteiger partial charge in [0.05, 0.1) is 17.0 Å². The van der Waals surface area contributed by atoms with Crippen LogP contribution in [-0.4, -0.2) is 58.4 Å². The first-order valence-electron chi connectivity index (χ1n) is 10.4. The lowest BCUT2D eigenvalue weighted by Gasteiger charge is -2.23. The maximum atomic E-state index is 12.8. The average Bonchev–Trinajstić information content (AvgIpc) is 2.93. The van der Waals surface area contributed by atoms with Crippen LogP contribution in [0.1, 0.15) is 23.2 Å². The number of carbonyl (C=O) groups excluding carboxylic acids is 1. The molecule has 8 heteroatoms. The second kappa shape index (κ2) is 8.64. The highest BCUT2D eigenvalue weighted by molar-refractivity contribution is 5.85. The van der Waals surface area contributed by atoms with Crippen LogP contribution in [0.3, 0.4) is 0 Å². The van der Waals surface area contributed by atoms with Crippen LogP contribution in [0.25, 0.3) is 11.0 Å². The molecule has 0 unspecified atom stereocenters. The van der Waals surface area contributed by atoms with Gasteiger partial charge < -0.3 is 14.5 Å². The predicted molar refractivity (Wildman–Crippen MR) is 118 cm³/mol. The Balaban J connectivity index is 1.39. The van der Waals surface area contributed by atoms with E-state index in [0.717, 1.165) is 47.5 Å². The highest BCUT2D eigenvalue weighted by atomic mass is 16.5. The highest BCUT2D eigenvalue weighted by Crippen LogP contribution is 2.27. The molecule has 1 fully saturated rings. The molecule has 0 saturated carbocycles. The van der Waals surface area contributed by atoms with E-state index in [1.165, 1.54) is 0 Å². The van der Waals surface area contributed by atoms with Crippen LogP contribution < -0.4 is 9.64 Å². The van der Waals surface area contributed by atoms with E-state index < -0.39 is 0 Å². The molecule has 1 amide bonds. The van der Waals surface area contributed by atoms with Crippen LogP contribution in [0.15, 0.2) is 30.3 Å². The van der Waals surface area contributed by atoms with Crippen LogP contribution in [0.5, 0.6) is 5.88 Å². The molecule has 0 aliphatic carbocycles. The van der Waals surface area contributed by atoms with E-state index in [1.807, 2.05) is 56.1 Å². The summed E-state index contributed by atoms with van der Waals surface area (Å²) in [4.78, 5) is 21.5. The molecule has 1 aromatic carbocycles. The molecule has 0 spiro atoms. The maximum absolute atomic E-state index is 12.8. The van der Waals surface area contributed by atoms with Crippen molar-refractivity contribution in [1.29, 1.82) is 5.26 Å². The third-order valence-corrected chi connectivity index (χ3v) is 5.63. The number of nitriles is 1. The zero-order valence-corrected chi connectivity index (χ0v) is 18.1. The minimum atomic E-state index is -0.0453. The van der Waals surface area contributed by atoms with Crippen molar-refractivity contribution in [3.05, 3.63) is 47.2 Å². The number of anilines is 1. The maximum Gasteiger partial charge on any atom is 0.260 e. The molecule has 1 aliphatic rings. The van der Waals surface area contributed by atoms with Crippen LogP contribution in [-0.2, 0) is 11.8 Å². The number of rotatable bonds is 4. The summed E-state index contributed by atoms with van der Waals surface area (Å²) in [6.07, 6.45) is 0.876. The first-order valence-corrected chi connectivity index (χ1v) is 10.4. The summed E-state index contributed by atoms with van der Waals surface area (Å²) in [6, 6.07) is 11.7. The lowest BCUT2D eigenvalue weighted by Crippen LogP contribution is -2.38. The summed E-state index contributed by atoms with van der Waals surface area (Å²) in [6.45, 7) is 6.83. The van der Waals surface area contributed by atoms with Crippen molar-refractivity contribution in [1.82, 2.24) is 19.7 Å². The number of aromatic nitrogens is 3. The summed E-state index contributed by atoms with van der Waals surface area (Å²) in [5.74, 6) is 0.406. The summed E-state index contributed by atoms with van der Waals surface area (Å²) in [5.41, 5.74) is 4.43. The van der Waals surface area contributed by atoms with Gasteiger partial charge >= 0.3 is 0 Å². The normalized spacial score (nSPS) is 14.4. The Bertz CT molecular complexity index is 1150. The Kier molecular flexibility index (Phi) is 5.76. The Hall–Kier alpha value is -3.60. The van der Waals surface area contributed by atoms with Crippen LogP contribution in [0, 0.1) is 25.2 Å². The number of aryl methyl sites for hydroxylation is 3. The van der Waals surface area contributed by atoms with Crippen molar-refractivity contribution < 1.29 is 9.53 Å². The van der Waals surface area contributed by atoms with Crippen molar-refractivity contribution in [2.24, 2.45) is 7.05 Å². The van der Waals surface area contributed by atoms with E-state index in [0.29, 0.717) is 24.5 Å². The largest absolute Gasteiger partial charge is 0.466 e. The zero-order valence-electron chi connectivity index (χ0n) is 18.1. The Morgan fingerprint density at radius 3 is 2.68 bits per heavy atom. The molecule has 3 heterocycles. The summed E-state index contributed by atoms with van der Waals surface area (Å²) in [5, 5.41) is 14.2. The van der Waals surface area contributed by atoms with Gasteiger partial charge in [0.25, 0.3) is 5.91 Å². The minimum Gasteiger partial charge on any atom is -0.466 e. The number of pyridine rings is 1. The molecule has 1 aliphatic heterocycles. The van der Waals surface area contributed by atoms with Gasteiger partial charge in [-0.2, -0.15) is 5.26 Å². The van der Waals surface area contributed by atoms with E-state index in [9.17, 15) is 4.79 Å². The van der Waals surface area contributed by atoms with Gasteiger partial charge in [-0.25, -0.2) is 9.67 Å². The molecule has 0 N–H and O–H groups in total. The van der Waals surface area contributed by atoms with Gasteiger partial charge in [-0.15, -0.1) is 5.10 Å². The smallest absolute Gasteiger partial charge is 0.260 e. The molecule has 2 aromatic heterocycles. The molecule has 3 aromatic rings. The monoisotopic (exact) mass is 418 g/mol. The summed E-state index contributed by atoms with van der Waals surface area (Å²) < 4.78 is 7.54. The first-order chi connectivity index (χ1) is 15.0. The second-order valence-electron chi connectivity index (χ2n) is 7.88. The van der Waals surface area contributed by atoms with Gasteiger partial charge in [0.2, 0.25) is 5.88 Å². The minimum absolute atomic E-state index is 0.0433. The fraction of sp³-hybridized carbons (Fsp3) is 0.391. The number of hydrogen-bond donors (Lipinski definition) is 0. The average molecular weight is 419 g/mol. The molecule has 0 radical (unpaired) electrons. The van der Waals surface area contributed by atoms with Crippen molar-refractivity contribution in [2.45, 2.75) is 20.3 Å². The van der Waals surface area contributed by atoms with Gasteiger partial charge in [-0.1, -0.05) is 0 Å². The van der Waals surface area contributed by atoms with Gasteiger partial charge in [-0.3, -0.25) is 4.79 Å². The van der Waals surface area contributed by atoms with E-state index in [1.54, 1.807) is 4.68 Å². The van der Waals surface area contributed by atoms with Crippen molar-refractivity contribution in [2.75, 3.05) is 37.7 Å². The Morgan fingerprint density at radius 1 is 1.16 bits per heavy atom. The van der Waals surface area contributed by atoms with Crippen LogP contribution >= 0.6 is 0 Å². The molecule has 160 valence electrons. The fourth-order valence-corrected chi connectivity index (χ4v) is 4.04. The molecular weight excluding hydrogens is 392 g/mol. The highest BCUT2D eigenvalue weighted by Gasteiger charge is 2.21. The summed E-state index contributed by atoms with van der Waals surface area (Å²) >= 11 is 0. The van der Waals surface area contributed by atoms with E-state index in [2.05, 4.69) is 21.1 Å². The Labute approximate surface area is 181 Å². The number of hydrogen-bond acceptors (Lipinski definition) is 6. The zero-order chi connectivity index (χ0) is 22.0. The molecule has 4 rings (SSSR count). The quantitative estimate of drug-likeness (QED) is 0.647. The summed E-state index contributed by atoms with van der Waals surface area (Å²) in [7, 11) is 1.83. The number of carbonyl (C=O) groups is 1. The molecular formula is C23H26N6O2. The van der Waals surface area contributed by atoms with Crippen LogP contribution in [0.4, 0.5) is 5.69 Å². The van der Waals surface area contributed by atoms with E-state index >= 15 is 0 Å². The molecule has 0 atom stereocenters. The van der Waals surface area contributed by atoms with Crippen molar-refractivity contribution in [3.8, 4) is 11.9 Å². The molecule has 31 heavy (non-hydrogen) atoms. The standard InChI is InChI=1S/C23H26N6O2/c1-16-13-17(2)25-22-21(16)23(26-27(22)3)31-15-20(30)29-10-4-9-28(11-12-29)19-7-5-18(14-24)6-8-19/h5-8,13H,4,9-12,15H2,1-3H3. The van der Waals surface area contributed by atoms with Gasteiger partial charge in [0, 0.05) is 44.6 Å². The number of benzene rings is 1. The van der Waals surface area contributed by atoms with Gasteiger partial charge in [0.15, 0.2) is 12.3 Å². The number of nitrogens with zero attached hydrogens (tertiary/aromatic N) is 6. The molecule has 8 nitrogen and oxygen atoms in total. The number of ether oxygens (including phenoxy) is 1. The van der Waals surface area contributed by atoms with Gasteiger partial charge in [-0.05, 0) is 56.2 Å². The van der Waals surface area contributed by atoms with Crippen molar-refractivity contribution >= 4 is 22.6 Å².